The second-order valence-corrected chi connectivity index (χ2v) is 5.83. The molecule has 3 nitrogen and oxygen atoms in total. The van der Waals surface area contributed by atoms with Gasteiger partial charge in [-0.05, 0) is 62.8 Å². The highest BCUT2D eigenvalue weighted by Crippen LogP contribution is 2.23. The molecule has 1 N–H and O–H groups in total. The van der Waals surface area contributed by atoms with Gasteiger partial charge in [0.1, 0.15) is 5.82 Å². The monoisotopic (exact) mass is 245 g/mol. The summed E-state index contributed by atoms with van der Waals surface area (Å²) in [6.45, 7) is 5.65. The van der Waals surface area contributed by atoms with Gasteiger partial charge in [-0.25, -0.2) is 4.98 Å². The van der Waals surface area contributed by atoms with Crippen molar-refractivity contribution in [2.24, 2.45) is 5.92 Å². The largest absolute Gasteiger partial charge is 0.356 e. The lowest BCUT2D eigenvalue weighted by atomic mass is 9.98. The molecule has 1 unspecified atom stereocenters. The molecule has 1 saturated heterocycles. The Bertz CT molecular complexity index is 400. The van der Waals surface area contributed by atoms with Crippen LogP contribution >= 0.6 is 0 Å². The lowest BCUT2D eigenvalue weighted by Gasteiger charge is -2.34. The molecule has 0 amide bonds. The standard InChI is InChI=1S/C15H23N3/c1-12-6-7-16-15(9-12)18-8-2-3-13(11-18)10-17-14-4-5-14/h6-7,9,13-14,17H,2-5,8,10-11H2,1H3. The topological polar surface area (TPSA) is 28.2 Å². The van der Waals surface area contributed by atoms with Gasteiger partial charge in [0, 0.05) is 25.3 Å². The van der Waals surface area contributed by atoms with Gasteiger partial charge in [-0.3, -0.25) is 0 Å². The highest BCUT2D eigenvalue weighted by Gasteiger charge is 2.25. The van der Waals surface area contributed by atoms with E-state index in [0.29, 0.717) is 0 Å². The molecule has 1 aliphatic heterocycles. The summed E-state index contributed by atoms with van der Waals surface area (Å²) in [5, 5.41) is 3.66. The minimum Gasteiger partial charge on any atom is -0.356 e. The van der Waals surface area contributed by atoms with Crippen molar-refractivity contribution >= 4 is 5.82 Å². The van der Waals surface area contributed by atoms with Crippen molar-refractivity contribution in [3.8, 4) is 0 Å². The maximum atomic E-state index is 4.51. The first-order valence-electron chi connectivity index (χ1n) is 7.22. The number of rotatable bonds is 4. The molecular formula is C15H23N3. The highest BCUT2D eigenvalue weighted by atomic mass is 15.2. The maximum absolute atomic E-state index is 4.51. The van der Waals surface area contributed by atoms with E-state index in [1.807, 2.05) is 6.20 Å². The zero-order chi connectivity index (χ0) is 12.4. The first-order chi connectivity index (χ1) is 8.81. The number of hydrogen-bond donors (Lipinski definition) is 1. The van der Waals surface area contributed by atoms with Gasteiger partial charge in [-0.1, -0.05) is 0 Å². The van der Waals surface area contributed by atoms with Gasteiger partial charge in [0.05, 0.1) is 0 Å². The van der Waals surface area contributed by atoms with Crippen LogP contribution in [0.3, 0.4) is 0 Å². The summed E-state index contributed by atoms with van der Waals surface area (Å²) in [5.41, 5.74) is 1.30. The average molecular weight is 245 g/mol. The fraction of sp³-hybridized carbons (Fsp3) is 0.667. The minimum absolute atomic E-state index is 0.793. The lowest BCUT2D eigenvalue weighted by molar-refractivity contribution is 0.389. The first kappa shape index (κ1) is 12.0. The van der Waals surface area contributed by atoms with Crippen molar-refractivity contribution in [1.29, 1.82) is 0 Å². The van der Waals surface area contributed by atoms with Crippen LogP contribution in [0.25, 0.3) is 0 Å². The van der Waals surface area contributed by atoms with Crippen LogP contribution in [0.15, 0.2) is 18.3 Å². The summed E-state index contributed by atoms with van der Waals surface area (Å²) >= 11 is 0. The summed E-state index contributed by atoms with van der Waals surface area (Å²) in [4.78, 5) is 6.96. The fourth-order valence-electron chi connectivity index (χ4n) is 2.75. The molecule has 1 saturated carbocycles. The molecule has 1 atom stereocenters. The van der Waals surface area contributed by atoms with Crippen LogP contribution in [0.4, 0.5) is 5.82 Å². The van der Waals surface area contributed by atoms with Crippen molar-refractivity contribution in [1.82, 2.24) is 10.3 Å². The van der Waals surface area contributed by atoms with Crippen molar-refractivity contribution in [3.63, 3.8) is 0 Å². The fourth-order valence-corrected chi connectivity index (χ4v) is 2.75. The Balaban J connectivity index is 1.58. The van der Waals surface area contributed by atoms with E-state index >= 15 is 0 Å². The van der Waals surface area contributed by atoms with Crippen LogP contribution in [0.2, 0.25) is 0 Å². The smallest absolute Gasteiger partial charge is 0.128 e. The van der Waals surface area contributed by atoms with Crippen LogP contribution in [0, 0.1) is 12.8 Å². The maximum Gasteiger partial charge on any atom is 0.128 e. The van der Waals surface area contributed by atoms with Gasteiger partial charge in [0.25, 0.3) is 0 Å². The predicted molar refractivity (Wildman–Crippen MR) is 74.9 cm³/mol. The van der Waals surface area contributed by atoms with Gasteiger partial charge in [-0.2, -0.15) is 0 Å². The zero-order valence-corrected chi connectivity index (χ0v) is 11.2. The zero-order valence-electron chi connectivity index (χ0n) is 11.2. The van der Waals surface area contributed by atoms with Crippen molar-refractivity contribution in [2.45, 2.75) is 38.6 Å². The molecule has 3 rings (SSSR count). The van der Waals surface area contributed by atoms with E-state index in [4.69, 9.17) is 0 Å². The number of nitrogens with zero attached hydrogens (tertiary/aromatic N) is 2. The van der Waals surface area contributed by atoms with Gasteiger partial charge in [0.2, 0.25) is 0 Å². The molecule has 18 heavy (non-hydrogen) atoms. The van der Waals surface area contributed by atoms with Crippen LogP contribution < -0.4 is 10.2 Å². The third-order valence-corrected chi connectivity index (χ3v) is 4.02. The number of aryl methyl sites for hydroxylation is 1. The summed E-state index contributed by atoms with van der Waals surface area (Å²) in [7, 11) is 0. The molecule has 0 spiro atoms. The Kier molecular flexibility index (Phi) is 3.50. The first-order valence-corrected chi connectivity index (χ1v) is 7.22. The van der Waals surface area contributed by atoms with E-state index in [0.717, 1.165) is 30.9 Å². The van der Waals surface area contributed by atoms with E-state index in [1.165, 1.54) is 37.8 Å². The van der Waals surface area contributed by atoms with Gasteiger partial charge < -0.3 is 10.2 Å². The molecule has 3 heteroatoms. The summed E-state index contributed by atoms with van der Waals surface area (Å²) in [5.74, 6) is 1.95. The van der Waals surface area contributed by atoms with Gasteiger partial charge in [0.15, 0.2) is 0 Å². The Morgan fingerprint density at radius 2 is 2.28 bits per heavy atom. The number of hydrogen-bond acceptors (Lipinski definition) is 3. The number of pyridine rings is 1. The van der Waals surface area contributed by atoms with Crippen LogP contribution in [-0.4, -0.2) is 30.7 Å². The van der Waals surface area contributed by atoms with E-state index in [9.17, 15) is 0 Å². The van der Waals surface area contributed by atoms with E-state index in [-0.39, 0.29) is 0 Å². The molecule has 0 aromatic carbocycles. The summed E-state index contributed by atoms with van der Waals surface area (Å²) in [6, 6.07) is 5.11. The molecule has 2 aliphatic rings. The number of anilines is 1. The van der Waals surface area contributed by atoms with E-state index < -0.39 is 0 Å². The third kappa shape index (κ3) is 3.02. The van der Waals surface area contributed by atoms with Crippen LogP contribution in [0.5, 0.6) is 0 Å². The van der Waals surface area contributed by atoms with Gasteiger partial charge >= 0.3 is 0 Å². The Hall–Kier alpha value is -1.09. The average Bonchev–Trinajstić information content (AvgIpc) is 3.21. The van der Waals surface area contributed by atoms with Crippen molar-refractivity contribution in [2.75, 3.05) is 24.5 Å². The lowest BCUT2D eigenvalue weighted by Crippen LogP contribution is -2.40. The number of nitrogens with one attached hydrogen (secondary N) is 1. The molecule has 98 valence electrons. The molecule has 0 bridgehead atoms. The molecule has 2 fully saturated rings. The Labute approximate surface area is 110 Å². The Morgan fingerprint density at radius 3 is 3.06 bits per heavy atom. The second kappa shape index (κ2) is 5.27. The van der Waals surface area contributed by atoms with Gasteiger partial charge in [-0.15, -0.1) is 0 Å². The highest BCUT2D eigenvalue weighted by molar-refractivity contribution is 5.41. The second-order valence-electron chi connectivity index (χ2n) is 5.83. The van der Waals surface area contributed by atoms with Crippen molar-refractivity contribution < 1.29 is 0 Å². The summed E-state index contributed by atoms with van der Waals surface area (Å²) < 4.78 is 0. The number of piperidine rings is 1. The quantitative estimate of drug-likeness (QED) is 0.882. The van der Waals surface area contributed by atoms with Crippen LogP contribution in [-0.2, 0) is 0 Å². The Morgan fingerprint density at radius 1 is 1.39 bits per heavy atom. The summed E-state index contributed by atoms with van der Waals surface area (Å²) in [6.07, 6.45) is 7.36. The minimum atomic E-state index is 0.793. The predicted octanol–water partition coefficient (Wildman–Crippen LogP) is 2.36. The molecule has 0 radical (unpaired) electrons. The van der Waals surface area contributed by atoms with E-state index in [2.05, 4.69) is 34.3 Å². The molecule has 2 heterocycles. The molecule has 1 aliphatic carbocycles. The normalized spacial score (nSPS) is 24.3. The number of aromatic nitrogens is 1. The van der Waals surface area contributed by atoms with Crippen LogP contribution in [0.1, 0.15) is 31.2 Å². The molecular weight excluding hydrogens is 222 g/mol. The molecule has 1 aromatic rings. The van der Waals surface area contributed by atoms with Crippen molar-refractivity contribution in [3.05, 3.63) is 23.9 Å². The van der Waals surface area contributed by atoms with E-state index in [1.54, 1.807) is 0 Å². The SMILES string of the molecule is Cc1ccnc(N2CCCC(CNC3CC3)C2)c1. The third-order valence-electron chi connectivity index (χ3n) is 4.02. The molecule has 1 aromatic heterocycles.